The van der Waals surface area contributed by atoms with Crippen LogP contribution < -0.4 is 10.6 Å². The van der Waals surface area contributed by atoms with Crippen LogP contribution in [0.2, 0.25) is 5.02 Å². The first-order valence-corrected chi connectivity index (χ1v) is 13.3. The second-order valence-electron chi connectivity index (χ2n) is 7.73. The first-order chi connectivity index (χ1) is 16.9. The maximum atomic E-state index is 12.6. The van der Waals surface area contributed by atoms with Gasteiger partial charge in [0.2, 0.25) is 11.1 Å². The number of fused-ring (bicyclic) bond motifs is 1. The fourth-order valence-electron chi connectivity index (χ4n) is 3.65. The lowest BCUT2D eigenvalue weighted by Crippen LogP contribution is -2.23. The molecule has 0 saturated heterocycles. The fourth-order valence-corrected chi connectivity index (χ4v) is 5.69. The van der Waals surface area contributed by atoms with E-state index in [2.05, 4.69) is 25.8 Å². The van der Waals surface area contributed by atoms with Gasteiger partial charge in [0.1, 0.15) is 10.8 Å². The van der Waals surface area contributed by atoms with Crippen molar-refractivity contribution < 1.29 is 19.1 Å². The number of aromatic amines is 1. The first-order valence-electron chi connectivity index (χ1n) is 11.1. The van der Waals surface area contributed by atoms with Gasteiger partial charge >= 0.3 is 5.97 Å². The van der Waals surface area contributed by atoms with E-state index >= 15 is 0 Å². The molecule has 1 aliphatic rings. The van der Waals surface area contributed by atoms with Crippen molar-refractivity contribution in [2.75, 3.05) is 17.7 Å². The topological polar surface area (TPSA) is 126 Å². The molecule has 0 fully saturated rings. The Morgan fingerprint density at radius 1 is 1.20 bits per heavy atom. The largest absolute Gasteiger partial charge is 0.462 e. The molecule has 0 spiro atoms. The number of thioether (sulfide) groups is 1. The number of hydrogen-bond acceptors (Lipinski definition) is 8. The zero-order valence-corrected chi connectivity index (χ0v) is 21.4. The summed E-state index contributed by atoms with van der Waals surface area (Å²) < 4.78 is 5.23. The highest BCUT2D eigenvalue weighted by Gasteiger charge is 2.27. The predicted molar refractivity (Wildman–Crippen MR) is 135 cm³/mol. The van der Waals surface area contributed by atoms with E-state index in [9.17, 15) is 14.4 Å². The molecular formula is C23H24ClN5O4S2. The summed E-state index contributed by atoms with van der Waals surface area (Å²) in [6.45, 7) is 2.20. The highest BCUT2D eigenvalue weighted by molar-refractivity contribution is 7.99. The Labute approximate surface area is 215 Å². The molecule has 3 N–H and O–H groups in total. The van der Waals surface area contributed by atoms with Crippen LogP contribution >= 0.6 is 34.7 Å². The number of nitrogens with one attached hydrogen (secondary N) is 3. The first kappa shape index (κ1) is 25.2. The van der Waals surface area contributed by atoms with E-state index in [1.165, 1.54) is 11.3 Å². The number of carbonyl (C=O) groups excluding carboxylic acids is 3. The smallest absolute Gasteiger partial charge is 0.341 e. The van der Waals surface area contributed by atoms with Gasteiger partial charge in [-0.05, 0) is 62.4 Å². The van der Waals surface area contributed by atoms with Crippen molar-refractivity contribution in [1.82, 2.24) is 20.5 Å². The number of aromatic nitrogens is 3. The third-order valence-corrected chi connectivity index (χ3v) is 7.58. The van der Waals surface area contributed by atoms with Crippen LogP contribution in [-0.4, -0.2) is 45.3 Å². The van der Waals surface area contributed by atoms with E-state index in [0.29, 0.717) is 32.1 Å². The van der Waals surface area contributed by atoms with Crippen molar-refractivity contribution in [2.45, 2.75) is 44.3 Å². The number of aryl methyl sites for hydroxylation is 1. The Morgan fingerprint density at radius 3 is 2.74 bits per heavy atom. The van der Waals surface area contributed by atoms with Gasteiger partial charge in [-0.1, -0.05) is 23.4 Å². The summed E-state index contributed by atoms with van der Waals surface area (Å²) in [5.74, 6) is -0.386. The van der Waals surface area contributed by atoms with Gasteiger partial charge in [0.05, 0.1) is 24.5 Å². The Morgan fingerprint density at radius 2 is 1.97 bits per heavy atom. The molecule has 9 nitrogen and oxygen atoms in total. The summed E-state index contributed by atoms with van der Waals surface area (Å²) in [6, 6.07) is 6.56. The standard InChI is InChI=1S/C23H24ClN5O4S2/c1-2-33-22(32)19-15-5-3-4-6-16(15)35-21(19)27-18(30)12-34-23-26-17(28-29-23)11-25-20(31)13-7-9-14(24)10-8-13/h7-10H,2-6,11-12H2,1H3,(H,25,31)(H,27,30)(H,26,28,29). The van der Waals surface area contributed by atoms with Crippen LogP contribution in [0.15, 0.2) is 29.4 Å². The van der Waals surface area contributed by atoms with Crippen LogP contribution in [0, 0.1) is 0 Å². The maximum Gasteiger partial charge on any atom is 0.341 e. The minimum absolute atomic E-state index is 0.0687. The summed E-state index contributed by atoms with van der Waals surface area (Å²) in [6.07, 6.45) is 3.82. The normalized spacial score (nSPS) is 12.6. The molecule has 0 aliphatic heterocycles. The maximum absolute atomic E-state index is 12.6. The van der Waals surface area contributed by atoms with Crippen molar-refractivity contribution in [3.8, 4) is 0 Å². The molecule has 0 radical (unpaired) electrons. The number of H-pyrrole nitrogens is 1. The fraction of sp³-hybridized carbons (Fsp3) is 0.348. The average molecular weight is 534 g/mol. The van der Waals surface area contributed by atoms with Gasteiger partial charge in [0, 0.05) is 15.5 Å². The minimum atomic E-state index is -0.394. The number of nitrogens with zero attached hydrogens (tertiary/aromatic N) is 2. The Kier molecular flexibility index (Phi) is 8.42. The molecule has 2 heterocycles. The summed E-state index contributed by atoms with van der Waals surface area (Å²) >= 11 is 8.45. The van der Waals surface area contributed by atoms with E-state index in [1.54, 1.807) is 31.2 Å². The molecule has 0 bridgehead atoms. The van der Waals surface area contributed by atoms with Gasteiger partial charge in [-0.15, -0.1) is 16.4 Å². The van der Waals surface area contributed by atoms with Gasteiger partial charge in [0.15, 0.2) is 0 Å². The number of thiophene rings is 1. The second kappa shape index (κ2) is 11.7. The number of benzene rings is 1. The molecule has 0 atom stereocenters. The lowest BCUT2D eigenvalue weighted by molar-refractivity contribution is -0.113. The highest BCUT2D eigenvalue weighted by atomic mass is 35.5. The van der Waals surface area contributed by atoms with Crippen LogP contribution in [0.25, 0.3) is 0 Å². The number of carbonyl (C=O) groups is 3. The van der Waals surface area contributed by atoms with Gasteiger partial charge < -0.3 is 15.4 Å². The van der Waals surface area contributed by atoms with E-state index in [-0.39, 0.29) is 30.7 Å². The number of halogens is 1. The molecule has 2 aromatic heterocycles. The molecule has 1 aliphatic carbocycles. The Bertz CT molecular complexity index is 1230. The number of ether oxygens (including phenoxy) is 1. The van der Waals surface area contributed by atoms with Crippen molar-refractivity contribution in [2.24, 2.45) is 0 Å². The van der Waals surface area contributed by atoms with Crippen LogP contribution in [-0.2, 0) is 28.9 Å². The predicted octanol–water partition coefficient (Wildman–Crippen LogP) is 4.24. The van der Waals surface area contributed by atoms with Crippen molar-refractivity contribution >= 4 is 57.5 Å². The lowest BCUT2D eigenvalue weighted by Gasteiger charge is -2.12. The Balaban J connectivity index is 1.31. The second-order valence-corrected chi connectivity index (χ2v) is 10.2. The zero-order valence-electron chi connectivity index (χ0n) is 19.0. The average Bonchev–Trinajstić information content (AvgIpc) is 3.45. The van der Waals surface area contributed by atoms with Crippen LogP contribution in [0.3, 0.4) is 0 Å². The molecule has 35 heavy (non-hydrogen) atoms. The van der Waals surface area contributed by atoms with Crippen molar-refractivity contribution in [3.05, 3.63) is 56.7 Å². The van der Waals surface area contributed by atoms with Gasteiger partial charge in [0.25, 0.3) is 5.91 Å². The molecule has 0 unspecified atom stereocenters. The van der Waals surface area contributed by atoms with Gasteiger partial charge in [-0.3, -0.25) is 14.7 Å². The highest BCUT2D eigenvalue weighted by Crippen LogP contribution is 2.38. The summed E-state index contributed by atoms with van der Waals surface area (Å²) in [7, 11) is 0. The number of rotatable bonds is 9. The van der Waals surface area contributed by atoms with Crippen molar-refractivity contribution in [3.63, 3.8) is 0 Å². The monoisotopic (exact) mass is 533 g/mol. The number of hydrogen-bond donors (Lipinski definition) is 3. The third-order valence-electron chi connectivity index (χ3n) is 5.27. The van der Waals surface area contributed by atoms with E-state index in [4.69, 9.17) is 16.3 Å². The molecular weight excluding hydrogens is 510 g/mol. The lowest BCUT2D eigenvalue weighted by atomic mass is 9.95. The molecule has 2 amide bonds. The Hall–Kier alpha value is -2.89. The van der Waals surface area contributed by atoms with Crippen LogP contribution in [0.5, 0.6) is 0 Å². The minimum Gasteiger partial charge on any atom is -0.462 e. The summed E-state index contributed by atoms with van der Waals surface area (Å²) in [5.41, 5.74) is 1.97. The zero-order chi connectivity index (χ0) is 24.8. The van der Waals surface area contributed by atoms with E-state index < -0.39 is 5.97 Å². The van der Waals surface area contributed by atoms with Gasteiger partial charge in [-0.25, -0.2) is 9.78 Å². The van der Waals surface area contributed by atoms with Crippen LogP contribution in [0.4, 0.5) is 5.00 Å². The number of esters is 1. The molecule has 4 rings (SSSR count). The van der Waals surface area contributed by atoms with E-state index in [1.807, 2.05) is 0 Å². The molecule has 1 aromatic carbocycles. The third kappa shape index (κ3) is 6.41. The van der Waals surface area contributed by atoms with Crippen molar-refractivity contribution in [1.29, 1.82) is 0 Å². The number of anilines is 1. The number of amides is 2. The summed E-state index contributed by atoms with van der Waals surface area (Å²) in [4.78, 5) is 42.8. The quantitative estimate of drug-likeness (QED) is 0.277. The molecule has 12 heteroatoms. The SMILES string of the molecule is CCOC(=O)c1c(NC(=O)CSc2n[nH]c(CNC(=O)c3ccc(Cl)cc3)n2)sc2c1CCCC2. The van der Waals surface area contributed by atoms with Gasteiger partial charge in [-0.2, -0.15) is 0 Å². The van der Waals surface area contributed by atoms with Crippen LogP contribution in [0.1, 0.15) is 56.7 Å². The molecule has 0 saturated carbocycles. The molecule has 184 valence electrons. The molecule has 3 aromatic rings. The summed E-state index contributed by atoms with van der Waals surface area (Å²) in [5, 5.41) is 13.9. The van der Waals surface area contributed by atoms with E-state index in [0.717, 1.165) is 47.9 Å².